The highest BCUT2D eigenvalue weighted by Crippen LogP contribution is 2.42. The van der Waals surface area contributed by atoms with Crippen molar-refractivity contribution in [2.75, 3.05) is 6.54 Å². The standard InChI is InChI=1S/C16H24ClN/c1-2-13-4-3-9-16(10-13,12-18)11-14-5-7-15(17)8-6-14/h5-8,13H,2-4,9-12,18H2,1H3. The topological polar surface area (TPSA) is 26.0 Å². The summed E-state index contributed by atoms with van der Waals surface area (Å²) in [6.45, 7) is 3.12. The van der Waals surface area contributed by atoms with E-state index in [4.69, 9.17) is 17.3 Å². The van der Waals surface area contributed by atoms with E-state index in [-0.39, 0.29) is 0 Å². The first-order chi connectivity index (χ1) is 8.67. The highest BCUT2D eigenvalue weighted by molar-refractivity contribution is 6.30. The molecule has 0 heterocycles. The molecule has 18 heavy (non-hydrogen) atoms. The fraction of sp³-hybridized carbons (Fsp3) is 0.625. The lowest BCUT2D eigenvalue weighted by molar-refractivity contribution is 0.142. The Morgan fingerprint density at radius 2 is 2.06 bits per heavy atom. The van der Waals surface area contributed by atoms with Gasteiger partial charge in [0, 0.05) is 5.02 Å². The summed E-state index contributed by atoms with van der Waals surface area (Å²) in [5.41, 5.74) is 7.81. The molecule has 1 fully saturated rings. The Kier molecular flexibility index (Phi) is 4.69. The van der Waals surface area contributed by atoms with Crippen LogP contribution in [-0.2, 0) is 6.42 Å². The molecule has 0 amide bonds. The molecule has 0 radical (unpaired) electrons. The van der Waals surface area contributed by atoms with Gasteiger partial charge in [0.1, 0.15) is 0 Å². The van der Waals surface area contributed by atoms with Crippen molar-refractivity contribution in [1.29, 1.82) is 0 Å². The zero-order chi connectivity index (χ0) is 13.0. The van der Waals surface area contributed by atoms with Gasteiger partial charge < -0.3 is 5.73 Å². The molecule has 0 bridgehead atoms. The average molecular weight is 266 g/mol. The van der Waals surface area contributed by atoms with Crippen molar-refractivity contribution in [3.63, 3.8) is 0 Å². The minimum atomic E-state index is 0.326. The van der Waals surface area contributed by atoms with Crippen LogP contribution in [0.4, 0.5) is 0 Å². The molecular weight excluding hydrogens is 242 g/mol. The fourth-order valence-electron chi connectivity index (χ4n) is 3.38. The molecule has 0 saturated heterocycles. The van der Waals surface area contributed by atoms with Gasteiger partial charge in [0.25, 0.3) is 0 Å². The number of benzene rings is 1. The number of hydrogen-bond donors (Lipinski definition) is 1. The van der Waals surface area contributed by atoms with Gasteiger partial charge in [-0.05, 0) is 54.8 Å². The summed E-state index contributed by atoms with van der Waals surface area (Å²) in [6.07, 6.45) is 7.70. The number of nitrogens with two attached hydrogens (primary N) is 1. The minimum absolute atomic E-state index is 0.326. The van der Waals surface area contributed by atoms with Crippen LogP contribution >= 0.6 is 11.6 Å². The largest absolute Gasteiger partial charge is 0.330 e. The monoisotopic (exact) mass is 265 g/mol. The smallest absolute Gasteiger partial charge is 0.0406 e. The van der Waals surface area contributed by atoms with Gasteiger partial charge in [-0.2, -0.15) is 0 Å². The van der Waals surface area contributed by atoms with Crippen molar-refractivity contribution in [3.05, 3.63) is 34.9 Å². The van der Waals surface area contributed by atoms with Crippen molar-refractivity contribution >= 4 is 11.6 Å². The minimum Gasteiger partial charge on any atom is -0.330 e. The second-order valence-electron chi connectivity index (χ2n) is 5.88. The summed E-state index contributed by atoms with van der Waals surface area (Å²) >= 11 is 5.94. The van der Waals surface area contributed by atoms with Crippen molar-refractivity contribution in [2.24, 2.45) is 17.1 Å². The van der Waals surface area contributed by atoms with Crippen LogP contribution in [-0.4, -0.2) is 6.54 Å². The molecule has 1 nitrogen and oxygen atoms in total. The van der Waals surface area contributed by atoms with E-state index in [1.807, 2.05) is 12.1 Å². The molecule has 1 aromatic rings. The predicted molar refractivity (Wildman–Crippen MR) is 78.9 cm³/mol. The summed E-state index contributed by atoms with van der Waals surface area (Å²) in [5.74, 6) is 0.870. The molecule has 1 aliphatic rings. The van der Waals surface area contributed by atoms with Crippen LogP contribution in [0.5, 0.6) is 0 Å². The van der Waals surface area contributed by atoms with E-state index in [1.54, 1.807) is 0 Å². The second kappa shape index (κ2) is 6.08. The third-order valence-corrected chi connectivity index (χ3v) is 4.80. The maximum atomic E-state index is 6.11. The van der Waals surface area contributed by atoms with Crippen molar-refractivity contribution in [3.8, 4) is 0 Å². The van der Waals surface area contributed by atoms with Crippen LogP contribution in [0.15, 0.2) is 24.3 Å². The van der Waals surface area contributed by atoms with Gasteiger partial charge in [0.05, 0.1) is 0 Å². The van der Waals surface area contributed by atoms with Gasteiger partial charge in [0.15, 0.2) is 0 Å². The Morgan fingerprint density at radius 1 is 1.33 bits per heavy atom. The third kappa shape index (κ3) is 3.27. The van der Waals surface area contributed by atoms with Crippen molar-refractivity contribution < 1.29 is 0 Å². The van der Waals surface area contributed by atoms with Crippen molar-refractivity contribution in [1.82, 2.24) is 0 Å². The van der Waals surface area contributed by atoms with Crippen LogP contribution in [0.3, 0.4) is 0 Å². The summed E-state index contributed by atoms with van der Waals surface area (Å²) in [7, 11) is 0. The quantitative estimate of drug-likeness (QED) is 0.856. The Labute approximate surface area is 116 Å². The van der Waals surface area contributed by atoms with Crippen LogP contribution < -0.4 is 5.73 Å². The fourth-order valence-corrected chi connectivity index (χ4v) is 3.51. The average Bonchev–Trinajstić information content (AvgIpc) is 2.42. The summed E-state index contributed by atoms with van der Waals surface area (Å²) in [5, 5.41) is 0.815. The van der Waals surface area contributed by atoms with Gasteiger partial charge in [-0.15, -0.1) is 0 Å². The first kappa shape index (κ1) is 13.9. The van der Waals surface area contributed by atoms with E-state index in [0.29, 0.717) is 5.41 Å². The molecule has 2 N–H and O–H groups in total. The lowest BCUT2D eigenvalue weighted by Gasteiger charge is -2.40. The first-order valence-corrected chi connectivity index (χ1v) is 7.50. The van der Waals surface area contributed by atoms with E-state index in [2.05, 4.69) is 19.1 Å². The molecule has 2 unspecified atom stereocenters. The first-order valence-electron chi connectivity index (χ1n) is 7.12. The molecule has 2 atom stereocenters. The molecule has 0 aromatic heterocycles. The van der Waals surface area contributed by atoms with Gasteiger partial charge in [-0.25, -0.2) is 0 Å². The molecule has 2 rings (SSSR count). The number of rotatable bonds is 4. The Hall–Kier alpha value is -0.530. The zero-order valence-corrected chi connectivity index (χ0v) is 12.0. The maximum absolute atomic E-state index is 6.11. The third-order valence-electron chi connectivity index (χ3n) is 4.54. The Morgan fingerprint density at radius 3 is 2.67 bits per heavy atom. The Balaban J connectivity index is 2.09. The maximum Gasteiger partial charge on any atom is 0.0406 e. The lowest BCUT2D eigenvalue weighted by Crippen LogP contribution is -2.37. The van der Waals surface area contributed by atoms with E-state index < -0.39 is 0 Å². The van der Waals surface area contributed by atoms with Crippen LogP contribution in [0, 0.1) is 11.3 Å². The number of halogens is 1. The van der Waals surface area contributed by atoms with Crippen LogP contribution in [0.2, 0.25) is 5.02 Å². The molecule has 100 valence electrons. The predicted octanol–water partition coefficient (Wildman–Crippen LogP) is 4.43. The van der Waals surface area contributed by atoms with E-state index >= 15 is 0 Å². The number of hydrogen-bond acceptors (Lipinski definition) is 1. The molecule has 1 aromatic carbocycles. The Bertz CT molecular complexity index is 373. The summed E-state index contributed by atoms with van der Waals surface area (Å²) < 4.78 is 0. The molecule has 2 heteroatoms. The van der Waals surface area contributed by atoms with Gasteiger partial charge >= 0.3 is 0 Å². The van der Waals surface area contributed by atoms with E-state index in [9.17, 15) is 0 Å². The van der Waals surface area contributed by atoms with Gasteiger partial charge in [-0.3, -0.25) is 0 Å². The second-order valence-corrected chi connectivity index (χ2v) is 6.31. The van der Waals surface area contributed by atoms with Crippen LogP contribution in [0.1, 0.15) is 44.6 Å². The molecular formula is C16H24ClN. The van der Waals surface area contributed by atoms with Gasteiger partial charge in [0.2, 0.25) is 0 Å². The highest BCUT2D eigenvalue weighted by Gasteiger charge is 2.34. The highest BCUT2D eigenvalue weighted by atomic mass is 35.5. The van der Waals surface area contributed by atoms with Crippen LogP contribution in [0.25, 0.3) is 0 Å². The summed E-state index contributed by atoms with van der Waals surface area (Å²) in [6, 6.07) is 8.27. The van der Waals surface area contributed by atoms with E-state index in [1.165, 1.54) is 37.7 Å². The molecule has 0 aliphatic heterocycles. The molecule has 1 saturated carbocycles. The molecule has 0 spiro atoms. The zero-order valence-electron chi connectivity index (χ0n) is 11.3. The summed E-state index contributed by atoms with van der Waals surface area (Å²) in [4.78, 5) is 0. The normalized spacial score (nSPS) is 28.3. The molecule has 1 aliphatic carbocycles. The van der Waals surface area contributed by atoms with Crippen molar-refractivity contribution in [2.45, 2.75) is 45.4 Å². The van der Waals surface area contributed by atoms with Gasteiger partial charge in [-0.1, -0.05) is 49.9 Å². The van der Waals surface area contributed by atoms with E-state index in [0.717, 1.165) is 23.9 Å². The SMILES string of the molecule is CCC1CCCC(CN)(Cc2ccc(Cl)cc2)C1. The lowest BCUT2D eigenvalue weighted by atomic mass is 9.66.